The molecular weight excluding hydrogens is 215 g/mol. The Morgan fingerprint density at radius 1 is 1.85 bits per heavy atom. The highest BCUT2D eigenvalue weighted by Gasteiger charge is 2.11. The Balaban J connectivity index is 2.90. The molecule has 74 valence electrons. The number of aromatic nitrogens is 2. The van der Waals surface area contributed by atoms with Crippen molar-refractivity contribution < 1.29 is 4.39 Å². The number of hydrogen-bond acceptors (Lipinski definition) is 4. The van der Waals surface area contributed by atoms with Crippen molar-refractivity contribution in [2.24, 2.45) is 0 Å². The maximum atomic E-state index is 12.0. The molecule has 1 atom stereocenters. The van der Waals surface area contributed by atoms with Crippen molar-refractivity contribution in [3.8, 4) is 0 Å². The average Bonchev–Trinajstić information content (AvgIpc) is 2.41. The van der Waals surface area contributed by atoms with Crippen molar-refractivity contribution in [3.05, 3.63) is 9.27 Å². The van der Waals surface area contributed by atoms with Gasteiger partial charge in [0.15, 0.2) is 0 Å². The number of alkyl halides is 1. The summed E-state index contributed by atoms with van der Waals surface area (Å²) in [6, 6.07) is 0. The minimum Gasteiger partial charge on any atom is -0.274 e. The predicted octanol–water partition coefficient (Wildman–Crippen LogP) is 1.50. The molecule has 1 heterocycles. The van der Waals surface area contributed by atoms with Crippen LogP contribution < -0.4 is 10.1 Å². The molecule has 0 aliphatic carbocycles. The maximum absolute atomic E-state index is 12.0. The molecule has 0 fully saturated rings. The van der Waals surface area contributed by atoms with Crippen LogP contribution in [-0.2, 0) is 0 Å². The standard InChI is InChI=1S/C6H10ClFN4S/c1-2-4(10-3-8)12-6(9)13-5(7)11-12/h4,9-10H,2-3H2,1H3. The Morgan fingerprint density at radius 2 is 2.54 bits per heavy atom. The van der Waals surface area contributed by atoms with Crippen molar-refractivity contribution in [2.45, 2.75) is 19.5 Å². The van der Waals surface area contributed by atoms with Crippen LogP contribution in [0.4, 0.5) is 4.39 Å². The van der Waals surface area contributed by atoms with Gasteiger partial charge in [-0.1, -0.05) is 18.3 Å². The van der Waals surface area contributed by atoms with E-state index in [0.29, 0.717) is 10.9 Å². The van der Waals surface area contributed by atoms with Crippen molar-refractivity contribution in [2.75, 3.05) is 6.80 Å². The maximum Gasteiger partial charge on any atom is 0.206 e. The molecule has 0 amide bonds. The molecule has 1 aromatic rings. The monoisotopic (exact) mass is 224 g/mol. The number of rotatable bonds is 4. The zero-order valence-corrected chi connectivity index (χ0v) is 8.62. The number of halogens is 2. The van der Waals surface area contributed by atoms with E-state index in [1.807, 2.05) is 6.92 Å². The van der Waals surface area contributed by atoms with Gasteiger partial charge >= 0.3 is 0 Å². The Morgan fingerprint density at radius 3 is 2.92 bits per heavy atom. The fourth-order valence-corrected chi connectivity index (χ4v) is 1.83. The lowest BCUT2D eigenvalue weighted by Crippen LogP contribution is -2.32. The molecule has 1 rings (SSSR count). The van der Waals surface area contributed by atoms with Crippen LogP contribution in [0.25, 0.3) is 0 Å². The summed E-state index contributed by atoms with van der Waals surface area (Å²) in [6.45, 7) is 1.24. The average molecular weight is 225 g/mol. The summed E-state index contributed by atoms with van der Waals surface area (Å²) < 4.78 is 13.7. The minimum absolute atomic E-state index is 0.220. The fraction of sp³-hybridized carbons (Fsp3) is 0.667. The van der Waals surface area contributed by atoms with Gasteiger partial charge in [-0.3, -0.25) is 10.7 Å². The van der Waals surface area contributed by atoms with Crippen LogP contribution in [0.3, 0.4) is 0 Å². The summed E-state index contributed by atoms with van der Waals surface area (Å²) in [5, 5.41) is 13.9. The van der Waals surface area contributed by atoms with E-state index in [-0.39, 0.29) is 11.0 Å². The smallest absolute Gasteiger partial charge is 0.206 e. The Hall–Kier alpha value is -0.460. The van der Waals surface area contributed by atoms with E-state index in [2.05, 4.69) is 10.4 Å². The second-order valence-corrected chi connectivity index (χ2v) is 3.93. The Kier molecular flexibility index (Phi) is 3.83. The lowest BCUT2D eigenvalue weighted by atomic mass is 10.4. The van der Waals surface area contributed by atoms with Crippen LogP contribution in [0.2, 0.25) is 4.47 Å². The third-order valence-corrected chi connectivity index (χ3v) is 2.51. The van der Waals surface area contributed by atoms with E-state index in [9.17, 15) is 4.39 Å². The van der Waals surface area contributed by atoms with Gasteiger partial charge < -0.3 is 0 Å². The summed E-state index contributed by atoms with van der Waals surface area (Å²) in [6.07, 6.45) is 0.363. The van der Waals surface area contributed by atoms with Crippen LogP contribution in [0.1, 0.15) is 19.5 Å². The topological polar surface area (TPSA) is 53.7 Å². The van der Waals surface area contributed by atoms with E-state index in [1.54, 1.807) is 0 Å². The molecule has 7 heteroatoms. The molecule has 0 aliphatic rings. The van der Waals surface area contributed by atoms with Crippen LogP contribution in [0.15, 0.2) is 0 Å². The lowest BCUT2D eigenvalue weighted by Gasteiger charge is -2.13. The SMILES string of the molecule is CCC(NCF)n1nc(Cl)sc1=N. The second-order valence-electron chi connectivity index (χ2n) is 2.37. The zero-order chi connectivity index (χ0) is 9.84. The Labute approximate surface area is 83.9 Å². The van der Waals surface area contributed by atoms with Crippen LogP contribution in [0.5, 0.6) is 0 Å². The molecule has 0 saturated carbocycles. The van der Waals surface area contributed by atoms with E-state index in [0.717, 1.165) is 11.3 Å². The van der Waals surface area contributed by atoms with Gasteiger partial charge in [0.1, 0.15) is 13.0 Å². The molecule has 0 saturated heterocycles. The molecule has 4 nitrogen and oxygen atoms in total. The van der Waals surface area contributed by atoms with E-state index < -0.39 is 6.80 Å². The normalized spacial score (nSPS) is 13.2. The highest BCUT2D eigenvalue weighted by molar-refractivity contribution is 7.13. The summed E-state index contributed by atoms with van der Waals surface area (Å²) in [5.74, 6) is 0. The third-order valence-electron chi connectivity index (χ3n) is 1.57. The van der Waals surface area contributed by atoms with Crippen LogP contribution >= 0.6 is 22.9 Å². The summed E-state index contributed by atoms with van der Waals surface area (Å²) in [4.78, 5) is 0.220. The lowest BCUT2D eigenvalue weighted by molar-refractivity contribution is 0.290. The number of hydrogen-bond donors (Lipinski definition) is 2. The first-order valence-electron chi connectivity index (χ1n) is 3.78. The van der Waals surface area contributed by atoms with Crippen LogP contribution in [-0.4, -0.2) is 16.6 Å². The molecule has 13 heavy (non-hydrogen) atoms. The summed E-state index contributed by atoms with van der Waals surface area (Å²) >= 11 is 6.67. The highest BCUT2D eigenvalue weighted by Crippen LogP contribution is 2.10. The number of nitrogens with one attached hydrogen (secondary N) is 2. The van der Waals surface area contributed by atoms with E-state index >= 15 is 0 Å². The van der Waals surface area contributed by atoms with Gasteiger partial charge in [0.05, 0.1) is 0 Å². The molecule has 2 N–H and O–H groups in total. The fourth-order valence-electron chi connectivity index (χ4n) is 0.981. The van der Waals surface area contributed by atoms with Crippen molar-refractivity contribution >= 4 is 22.9 Å². The van der Waals surface area contributed by atoms with E-state index in [4.69, 9.17) is 17.0 Å². The molecule has 0 aliphatic heterocycles. The molecule has 0 aromatic carbocycles. The minimum atomic E-state index is -0.639. The van der Waals surface area contributed by atoms with Crippen molar-refractivity contribution in [1.82, 2.24) is 15.1 Å². The first-order valence-corrected chi connectivity index (χ1v) is 4.97. The molecule has 0 radical (unpaired) electrons. The molecule has 1 aromatic heterocycles. The van der Waals surface area contributed by atoms with E-state index in [1.165, 1.54) is 4.68 Å². The molecule has 0 spiro atoms. The van der Waals surface area contributed by atoms with Gasteiger partial charge in [-0.25, -0.2) is 9.07 Å². The summed E-state index contributed by atoms with van der Waals surface area (Å²) in [7, 11) is 0. The molecule has 0 bridgehead atoms. The molecular formula is C6H10ClFN4S. The van der Waals surface area contributed by atoms with Gasteiger partial charge in [-0.15, -0.1) is 5.10 Å². The zero-order valence-electron chi connectivity index (χ0n) is 7.05. The van der Waals surface area contributed by atoms with Crippen LogP contribution in [0, 0.1) is 5.41 Å². The largest absolute Gasteiger partial charge is 0.274 e. The molecule has 1 unspecified atom stereocenters. The van der Waals surface area contributed by atoms with Gasteiger partial charge in [-0.05, 0) is 18.0 Å². The number of nitrogens with zero attached hydrogens (tertiary/aromatic N) is 2. The quantitative estimate of drug-likeness (QED) is 0.762. The Bertz CT molecular complexity index is 323. The highest BCUT2D eigenvalue weighted by atomic mass is 35.5. The van der Waals surface area contributed by atoms with Crippen molar-refractivity contribution in [3.63, 3.8) is 0 Å². The predicted molar refractivity (Wildman–Crippen MR) is 49.4 cm³/mol. The van der Waals surface area contributed by atoms with Crippen molar-refractivity contribution in [1.29, 1.82) is 5.41 Å². The third kappa shape index (κ3) is 2.49. The second kappa shape index (κ2) is 4.69. The first-order chi connectivity index (χ1) is 6.19. The van der Waals surface area contributed by atoms with Gasteiger partial charge in [0.2, 0.25) is 9.27 Å². The van der Waals surface area contributed by atoms with Gasteiger partial charge in [0, 0.05) is 0 Å². The first kappa shape index (κ1) is 10.6. The van der Waals surface area contributed by atoms with Gasteiger partial charge in [-0.2, -0.15) is 0 Å². The summed E-state index contributed by atoms with van der Waals surface area (Å²) in [5.41, 5.74) is 0. The van der Waals surface area contributed by atoms with Gasteiger partial charge in [0.25, 0.3) is 0 Å².